The fourth-order valence-electron chi connectivity index (χ4n) is 0.999. The van der Waals surface area contributed by atoms with Crippen LogP contribution in [0.5, 0.6) is 0 Å². The molecule has 0 radical (unpaired) electrons. The molecule has 1 rings (SSSR count). The Morgan fingerprint density at radius 2 is 2.07 bits per heavy atom. The number of hydrogen-bond donors (Lipinski definition) is 1. The first-order valence-corrected chi connectivity index (χ1v) is 4.13. The molecule has 0 bridgehead atoms. The summed E-state index contributed by atoms with van der Waals surface area (Å²) in [6, 6.07) is 0. The second kappa shape index (κ2) is 3.81. The highest BCUT2D eigenvalue weighted by atomic mass is 19.4. The van der Waals surface area contributed by atoms with Crippen molar-refractivity contribution in [2.75, 3.05) is 5.73 Å². The van der Waals surface area contributed by atoms with Gasteiger partial charge in [0.15, 0.2) is 5.69 Å². The van der Waals surface area contributed by atoms with Crippen molar-refractivity contribution < 1.29 is 13.2 Å². The minimum atomic E-state index is -4.50. The van der Waals surface area contributed by atoms with Gasteiger partial charge < -0.3 is 5.73 Å². The molecule has 3 nitrogen and oxygen atoms in total. The van der Waals surface area contributed by atoms with Crippen LogP contribution in [0, 0.1) is 0 Å². The Bertz CT molecular complexity index is 322. The van der Waals surface area contributed by atoms with Crippen LogP contribution >= 0.6 is 0 Å². The Morgan fingerprint density at radius 1 is 1.43 bits per heavy atom. The van der Waals surface area contributed by atoms with Crippen LogP contribution in [0.2, 0.25) is 0 Å². The topological polar surface area (TPSA) is 51.8 Å². The SMILES string of the molecule is CCCc1ncc(N)c(C(F)(F)F)n1. The van der Waals surface area contributed by atoms with Crippen molar-refractivity contribution in [2.24, 2.45) is 0 Å². The summed E-state index contributed by atoms with van der Waals surface area (Å²) in [6.45, 7) is 1.84. The normalized spacial score (nSPS) is 11.7. The van der Waals surface area contributed by atoms with Crippen molar-refractivity contribution >= 4 is 5.69 Å². The summed E-state index contributed by atoms with van der Waals surface area (Å²) >= 11 is 0. The monoisotopic (exact) mass is 205 g/mol. The average Bonchev–Trinajstić information content (AvgIpc) is 2.07. The number of nitrogens with two attached hydrogens (primary N) is 1. The molecule has 2 N–H and O–H groups in total. The van der Waals surface area contributed by atoms with Crippen LogP contribution in [0.1, 0.15) is 24.9 Å². The Balaban J connectivity index is 3.09. The summed E-state index contributed by atoms with van der Waals surface area (Å²) in [5.74, 6) is 0.175. The van der Waals surface area contributed by atoms with E-state index in [1.807, 2.05) is 6.92 Å². The fraction of sp³-hybridized carbons (Fsp3) is 0.500. The third-order valence-electron chi connectivity index (χ3n) is 1.61. The average molecular weight is 205 g/mol. The van der Waals surface area contributed by atoms with E-state index in [0.717, 1.165) is 6.20 Å². The number of nitrogen functional groups attached to an aromatic ring is 1. The summed E-state index contributed by atoms with van der Waals surface area (Å²) in [7, 11) is 0. The zero-order valence-corrected chi connectivity index (χ0v) is 7.60. The molecular formula is C8H10F3N3. The summed E-state index contributed by atoms with van der Waals surface area (Å²) in [6.07, 6.45) is -2.39. The number of rotatable bonds is 2. The molecule has 1 aromatic heterocycles. The van der Waals surface area contributed by atoms with Crippen LogP contribution in [-0.4, -0.2) is 9.97 Å². The predicted octanol–water partition coefficient (Wildman–Crippen LogP) is 2.03. The Morgan fingerprint density at radius 3 is 2.57 bits per heavy atom. The lowest BCUT2D eigenvalue weighted by Crippen LogP contribution is -2.14. The third kappa shape index (κ3) is 2.34. The second-order valence-corrected chi connectivity index (χ2v) is 2.84. The maximum absolute atomic E-state index is 12.3. The first-order chi connectivity index (χ1) is 6.45. The number of aromatic nitrogens is 2. The Labute approximate surface area is 79.2 Å². The quantitative estimate of drug-likeness (QED) is 0.803. The molecule has 0 fully saturated rings. The van der Waals surface area contributed by atoms with E-state index < -0.39 is 17.6 Å². The smallest absolute Gasteiger partial charge is 0.396 e. The van der Waals surface area contributed by atoms with Gasteiger partial charge in [-0.15, -0.1) is 0 Å². The van der Waals surface area contributed by atoms with Crippen LogP contribution in [0.3, 0.4) is 0 Å². The third-order valence-corrected chi connectivity index (χ3v) is 1.61. The van der Waals surface area contributed by atoms with Gasteiger partial charge in [-0.3, -0.25) is 0 Å². The Hall–Kier alpha value is -1.33. The predicted molar refractivity (Wildman–Crippen MR) is 45.4 cm³/mol. The number of nitrogens with zero attached hydrogens (tertiary/aromatic N) is 2. The number of halogens is 3. The van der Waals surface area contributed by atoms with Crippen molar-refractivity contribution in [2.45, 2.75) is 25.9 Å². The van der Waals surface area contributed by atoms with Crippen LogP contribution in [0.15, 0.2) is 6.20 Å². The molecule has 0 aliphatic carbocycles. The minimum absolute atomic E-state index is 0.175. The van der Waals surface area contributed by atoms with E-state index in [4.69, 9.17) is 5.73 Å². The summed E-state index contributed by atoms with van der Waals surface area (Å²) in [5, 5.41) is 0. The molecule has 6 heteroatoms. The highest BCUT2D eigenvalue weighted by Crippen LogP contribution is 2.31. The maximum atomic E-state index is 12.3. The first-order valence-electron chi connectivity index (χ1n) is 4.13. The molecule has 0 spiro atoms. The molecule has 0 unspecified atom stereocenters. The maximum Gasteiger partial charge on any atom is 0.435 e. The van der Waals surface area contributed by atoms with Crippen molar-refractivity contribution in [1.29, 1.82) is 0 Å². The van der Waals surface area contributed by atoms with Crippen molar-refractivity contribution in [3.63, 3.8) is 0 Å². The van der Waals surface area contributed by atoms with Gasteiger partial charge in [-0.1, -0.05) is 6.92 Å². The molecule has 1 aromatic rings. The van der Waals surface area contributed by atoms with Crippen molar-refractivity contribution in [1.82, 2.24) is 9.97 Å². The zero-order valence-electron chi connectivity index (χ0n) is 7.60. The van der Waals surface area contributed by atoms with Gasteiger partial charge in [0.1, 0.15) is 5.82 Å². The van der Waals surface area contributed by atoms with E-state index in [9.17, 15) is 13.2 Å². The van der Waals surface area contributed by atoms with Crippen LogP contribution in [0.4, 0.5) is 18.9 Å². The number of hydrogen-bond acceptors (Lipinski definition) is 3. The van der Waals surface area contributed by atoms with Gasteiger partial charge in [0.05, 0.1) is 11.9 Å². The lowest BCUT2D eigenvalue weighted by Gasteiger charge is -2.09. The molecule has 0 atom stereocenters. The molecule has 78 valence electrons. The van der Waals surface area contributed by atoms with Gasteiger partial charge in [0.25, 0.3) is 0 Å². The zero-order chi connectivity index (χ0) is 10.8. The molecule has 0 aromatic carbocycles. The molecule has 0 saturated carbocycles. The van der Waals surface area contributed by atoms with E-state index in [2.05, 4.69) is 9.97 Å². The van der Waals surface area contributed by atoms with Gasteiger partial charge in [-0.25, -0.2) is 9.97 Å². The number of aryl methyl sites for hydroxylation is 1. The van der Waals surface area contributed by atoms with Crippen molar-refractivity contribution in [3.8, 4) is 0 Å². The molecule has 0 amide bonds. The van der Waals surface area contributed by atoms with Crippen LogP contribution in [-0.2, 0) is 12.6 Å². The largest absolute Gasteiger partial charge is 0.435 e. The van der Waals surface area contributed by atoms with E-state index in [0.29, 0.717) is 12.8 Å². The molecule has 1 heterocycles. The lowest BCUT2D eigenvalue weighted by atomic mass is 10.3. The molecule has 14 heavy (non-hydrogen) atoms. The van der Waals surface area contributed by atoms with E-state index >= 15 is 0 Å². The lowest BCUT2D eigenvalue weighted by molar-refractivity contribution is -0.140. The standard InChI is InChI=1S/C8H10F3N3/c1-2-3-6-13-4-5(12)7(14-6)8(9,10)11/h4H,2-3,12H2,1H3. The fourth-order valence-corrected chi connectivity index (χ4v) is 0.999. The van der Waals surface area contributed by atoms with E-state index in [-0.39, 0.29) is 5.82 Å². The van der Waals surface area contributed by atoms with Gasteiger partial charge >= 0.3 is 6.18 Å². The molecular weight excluding hydrogens is 195 g/mol. The number of anilines is 1. The van der Waals surface area contributed by atoms with Crippen molar-refractivity contribution in [3.05, 3.63) is 17.7 Å². The Kier molecular flexibility index (Phi) is 2.93. The highest BCUT2D eigenvalue weighted by molar-refractivity contribution is 5.41. The summed E-state index contributed by atoms with van der Waals surface area (Å²) in [5.41, 5.74) is 3.65. The van der Waals surface area contributed by atoms with Crippen LogP contribution < -0.4 is 5.73 Å². The highest BCUT2D eigenvalue weighted by Gasteiger charge is 2.35. The summed E-state index contributed by atoms with van der Waals surface area (Å²) < 4.78 is 36.9. The summed E-state index contributed by atoms with van der Waals surface area (Å²) in [4.78, 5) is 7.08. The van der Waals surface area contributed by atoms with Gasteiger partial charge in [-0.05, 0) is 6.42 Å². The first kappa shape index (κ1) is 10.7. The minimum Gasteiger partial charge on any atom is -0.396 e. The molecule has 0 saturated heterocycles. The van der Waals surface area contributed by atoms with Crippen LogP contribution in [0.25, 0.3) is 0 Å². The van der Waals surface area contributed by atoms with E-state index in [1.165, 1.54) is 0 Å². The van der Waals surface area contributed by atoms with Gasteiger partial charge in [0.2, 0.25) is 0 Å². The van der Waals surface area contributed by atoms with Gasteiger partial charge in [0, 0.05) is 6.42 Å². The van der Waals surface area contributed by atoms with Gasteiger partial charge in [-0.2, -0.15) is 13.2 Å². The molecule has 0 aliphatic heterocycles. The second-order valence-electron chi connectivity index (χ2n) is 2.84. The molecule has 0 aliphatic rings. The van der Waals surface area contributed by atoms with E-state index in [1.54, 1.807) is 0 Å². The number of alkyl halides is 3.